The molecule has 5 nitrogen and oxygen atoms in total. The van der Waals surface area contributed by atoms with E-state index in [2.05, 4.69) is 0 Å². The Balaban J connectivity index is 2.44. The minimum absolute atomic E-state index is 0.204. The molecule has 100 valence electrons. The third kappa shape index (κ3) is 1.66. The normalized spacial score (nSPS) is 27.8. The Morgan fingerprint density at radius 3 is 2.11 bits per heavy atom. The maximum Gasteiger partial charge on any atom is 0.259 e. The van der Waals surface area contributed by atoms with Gasteiger partial charge < -0.3 is 10.5 Å². The van der Waals surface area contributed by atoms with Crippen molar-refractivity contribution in [3.05, 3.63) is 0 Å². The highest BCUT2D eigenvalue weighted by Crippen LogP contribution is 2.35. The van der Waals surface area contributed by atoms with Gasteiger partial charge in [-0.3, -0.25) is 14.5 Å². The number of morpholine rings is 1. The molecule has 0 aromatic rings. The Bertz CT molecular complexity index is 384. The van der Waals surface area contributed by atoms with E-state index in [1.54, 1.807) is 0 Å². The molecule has 0 aromatic heterocycles. The molecule has 2 atom stereocenters. The van der Waals surface area contributed by atoms with Crippen LogP contribution in [0.25, 0.3) is 0 Å². The van der Waals surface area contributed by atoms with Crippen LogP contribution < -0.4 is 5.73 Å². The van der Waals surface area contributed by atoms with Crippen LogP contribution in [-0.2, 0) is 14.3 Å². The van der Waals surface area contributed by atoms with Crippen molar-refractivity contribution in [2.45, 2.75) is 57.3 Å². The molecule has 2 aliphatic heterocycles. The summed E-state index contributed by atoms with van der Waals surface area (Å²) in [7, 11) is 0. The van der Waals surface area contributed by atoms with Gasteiger partial charge in [0.05, 0.1) is 4.99 Å². The van der Waals surface area contributed by atoms with Gasteiger partial charge in [0.15, 0.2) is 0 Å². The Hall–Kier alpha value is -1.01. The number of likely N-dealkylation sites (tertiary alicyclic amines) is 1. The lowest BCUT2D eigenvalue weighted by Crippen LogP contribution is -2.66. The van der Waals surface area contributed by atoms with E-state index in [0.717, 1.165) is 0 Å². The van der Waals surface area contributed by atoms with Crippen molar-refractivity contribution in [1.29, 1.82) is 0 Å². The molecule has 2 fully saturated rings. The summed E-state index contributed by atoms with van der Waals surface area (Å²) in [6, 6.07) is 0. The lowest BCUT2D eigenvalue weighted by molar-refractivity contribution is -0.174. The van der Waals surface area contributed by atoms with E-state index in [1.165, 1.54) is 4.90 Å². The minimum Gasteiger partial charge on any atom is -0.391 e. The molecule has 2 N–H and O–H groups in total. The predicted octanol–water partition coefficient (Wildman–Crippen LogP) is 0.748. The molecule has 2 saturated heterocycles. The highest BCUT2D eigenvalue weighted by Gasteiger charge is 2.54. The van der Waals surface area contributed by atoms with E-state index in [9.17, 15) is 9.59 Å². The van der Waals surface area contributed by atoms with E-state index in [0.29, 0.717) is 25.7 Å². The number of hydrogen-bond acceptors (Lipinski definition) is 4. The van der Waals surface area contributed by atoms with Crippen LogP contribution in [-0.4, -0.2) is 39.4 Å². The lowest BCUT2D eigenvalue weighted by Gasteiger charge is -2.44. The summed E-state index contributed by atoms with van der Waals surface area (Å²) in [5, 5.41) is 0. The second kappa shape index (κ2) is 4.59. The number of imide groups is 1. The van der Waals surface area contributed by atoms with Gasteiger partial charge in [0.2, 0.25) is 0 Å². The summed E-state index contributed by atoms with van der Waals surface area (Å²) in [4.78, 5) is 26.1. The van der Waals surface area contributed by atoms with Gasteiger partial charge in [-0.15, -0.1) is 0 Å². The number of carbonyl (C=O) groups is 2. The highest BCUT2D eigenvalue weighted by molar-refractivity contribution is 7.80. The van der Waals surface area contributed by atoms with Gasteiger partial charge in [-0.1, -0.05) is 26.1 Å². The monoisotopic (exact) mass is 270 g/mol. The SMILES string of the molecule is CCC(CC)(C(N)=S)N1C(=O)C2CCC(O2)C1=O. The number of rotatable bonds is 4. The molecular weight excluding hydrogens is 252 g/mol. The molecule has 2 amide bonds. The number of ether oxygens (including phenoxy) is 1. The van der Waals surface area contributed by atoms with Gasteiger partial charge in [-0.2, -0.15) is 0 Å². The summed E-state index contributed by atoms with van der Waals surface area (Å²) in [5.74, 6) is -0.574. The second-order valence-corrected chi connectivity index (χ2v) is 5.25. The molecular formula is C12H18N2O3S. The molecule has 0 spiro atoms. The van der Waals surface area contributed by atoms with Crippen LogP contribution >= 0.6 is 12.2 Å². The zero-order chi connectivity index (χ0) is 13.5. The molecule has 0 aliphatic carbocycles. The largest absolute Gasteiger partial charge is 0.391 e. The Morgan fingerprint density at radius 1 is 1.33 bits per heavy atom. The zero-order valence-corrected chi connectivity index (χ0v) is 11.5. The number of nitrogens with zero attached hydrogens (tertiary/aromatic N) is 1. The van der Waals surface area contributed by atoms with Crippen molar-refractivity contribution in [2.24, 2.45) is 5.73 Å². The topological polar surface area (TPSA) is 72.6 Å². The molecule has 2 rings (SSSR count). The molecule has 2 aliphatic rings. The van der Waals surface area contributed by atoms with Crippen LogP contribution in [0.5, 0.6) is 0 Å². The third-order valence-electron chi connectivity index (χ3n) is 4.07. The van der Waals surface area contributed by atoms with E-state index in [1.807, 2.05) is 13.8 Å². The fraction of sp³-hybridized carbons (Fsp3) is 0.750. The van der Waals surface area contributed by atoms with Gasteiger partial charge in [0.1, 0.15) is 17.7 Å². The van der Waals surface area contributed by atoms with E-state index in [4.69, 9.17) is 22.7 Å². The van der Waals surface area contributed by atoms with Crippen molar-refractivity contribution < 1.29 is 14.3 Å². The number of amides is 2. The average molecular weight is 270 g/mol. The quantitative estimate of drug-likeness (QED) is 0.603. The first-order valence-electron chi connectivity index (χ1n) is 6.31. The van der Waals surface area contributed by atoms with Gasteiger partial charge in [-0.05, 0) is 25.7 Å². The minimum atomic E-state index is -0.839. The smallest absolute Gasteiger partial charge is 0.259 e. The van der Waals surface area contributed by atoms with Crippen LogP contribution in [0.15, 0.2) is 0 Å². The third-order valence-corrected chi connectivity index (χ3v) is 4.45. The molecule has 2 heterocycles. The number of carbonyl (C=O) groups excluding carboxylic acids is 2. The predicted molar refractivity (Wildman–Crippen MR) is 69.8 cm³/mol. The molecule has 0 radical (unpaired) electrons. The Kier molecular flexibility index (Phi) is 3.42. The molecule has 6 heteroatoms. The lowest BCUT2D eigenvalue weighted by atomic mass is 9.89. The average Bonchev–Trinajstić information content (AvgIpc) is 2.79. The van der Waals surface area contributed by atoms with Crippen molar-refractivity contribution in [3.63, 3.8) is 0 Å². The number of fused-ring (bicyclic) bond motifs is 2. The van der Waals surface area contributed by atoms with Crippen molar-refractivity contribution >= 4 is 29.0 Å². The van der Waals surface area contributed by atoms with Crippen molar-refractivity contribution in [3.8, 4) is 0 Å². The summed E-state index contributed by atoms with van der Waals surface area (Å²) in [6.07, 6.45) is 1.28. The highest BCUT2D eigenvalue weighted by atomic mass is 32.1. The van der Waals surface area contributed by atoms with E-state index in [-0.39, 0.29) is 16.8 Å². The molecule has 0 aromatic carbocycles. The molecule has 18 heavy (non-hydrogen) atoms. The number of thiocarbonyl (C=S) groups is 1. The molecule has 2 unspecified atom stereocenters. The zero-order valence-electron chi connectivity index (χ0n) is 10.6. The first-order valence-corrected chi connectivity index (χ1v) is 6.72. The van der Waals surface area contributed by atoms with Gasteiger partial charge in [0, 0.05) is 0 Å². The van der Waals surface area contributed by atoms with Gasteiger partial charge in [-0.25, -0.2) is 0 Å². The van der Waals surface area contributed by atoms with Gasteiger partial charge in [0.25, 0.3) is 11.8 Å². The van der Waals surface area contributed by atoms with Gasteiger partial charge >= 0.3 is 0 Å². The fourth-order valence-electron chi connectivity index (χ4n) is 2.84. The van der Waals surface area contributed by atoms with Crippen LogP contribution in [0, 0.1) is 0 Å². The number of hydrogen-bond donors (Lipinski definition) is 1. The summed E-state index contributed by atoms with van der Waals surface area (Å²) in [5.41, 5.74) is 4.96. The van der Waals surface area contributed by atoms with Crippen LogP contribution in [0.2, 0.25) is 0 Å². The second-order valence-electron chi connectivity index (χ2n) is 4.81. The van der Waals surface area contributed by atoms with Crippen molar-refractivity contribution in [1.82, 2.24) is 4.90 Å². The maximum absolute atomic E-state index is 12.3. The summed E-state index contributed by atoms with van der Waals surface area (Å²) < 4.78 is 5.39. The van der Waals surface area contributed by atoms with Crippen LogP contribution in [0.3, 0.4) is 0 Å². The Labute approximate surface area is 112 Å². The molecule has 0 saturated carbocycles. The first-order chi connectivity index (χ1) is 8.47. The number of nitrogens with two attached hydrogens (primary N) is 1. The summed E-state index contributed by atoms with van der Waals surface area (Å²) in [6.45, 7) is 3.78. The Morgan fingerprint density at radius 2 is 1.78 bits per heavy atom. The van der Waals surface area contributed by atoms with Crippen LogP contribution in [0.4, 0.5) is 0 Å². The maximum atomic E-state index is 12.3. The summed E-state index contributed by atoms with van der Waals surface area (Å²) >= 11 is 5.10. The van der Waals surface area contributed by atoms with E-state index < -0.39 is 17.7 Å². The van der Waals surface area contributed by atoms with Crippen LogP contribution in [0.1, 0.15) is 39.5 Å². The van der Waals surface area contributed by atoms with Crippen molar-refractivity contribution in [2.75, 3.05) is 0 Å². The van der Waals surface area contributed by atoms with E-state index >= 15 is 0 Å². The fourth-order valence-corrected chi connectivity index (χ4v) is 3.22. The molecule has 2 bridgehead atoms. The first kappa shape index (κ1) is 13.4. The standard InChI is InChI=1S/C12H18N2O3S/c1-3-12(4-2,11(13)18)14-9(15)7-5-6-8(17-7)10(14)16/h7-8H,3-6H2,1-2H3,(H2,13,18).